The van der Waals surface area contributed by atoms with E-state index in [0.29, 0.717) is 5.56 Å². The van der Waals surface area contributed by atoms with Crippen LogP contribution in [0, 0.1) is 5.92 Å². The summed E-state index contributed by atoms with van der Waals surface area (Å²) in [6, 6.07) is 7.08. The Balaban J connectivity index is 2.75. The lowest BCUT2D eigenvalue weighted by Gasteiger charge is -2.25. The van der Waals surface area contributed by atoms with E-state index in [-0.39, 0.29) is 11.4 Å². The van der Waals surface area contributed by atoms with Gasteiger partial charge in [0, 0.05) is 5.54 Å². The summed E-state index contributed by atoms with van der Waals surface area (Å²) in [6.45, 7) is 7.46. The maximum Gasteiger partial charge on any atom is 0.226 e. The lowest BCUT2D eigenvalue weighted by molar-refractivity contribution is -0.129. The molecule has 0 spiro atoms. The van der Waals surface area contributed by atoms with E-state index in [1.54, 1.807) is 38.3 Å². The van der Waals surface area contributed by atoms with Gasteiger partial charge in [-0.1, -0.05) is 19.1 Å². The zero-order valence-corrected chi connectivity index (χ0v) is 12.2. The number of amides is 1. The number of hydrogen-bond acceptors (Lipinski definition) is 3. The molecule has 19 heavy (non-hydrogen) atoms. The van der Waals surface area contributed by atoms with Crippen LogP contribution in [-0.2, 0) is 4.79 Å². The van der Waals surface area contributed by atoms with Crippen LogP contribution in [0.5, 0.6) is 5.75 Å². The summed E-state index contributed by atoms with van der Waals surface area (Å²) >= 11 is 0. The molecule has 0 saturated heterocycles. The summed E-state index contributed by atoms with van der Waals surface area (Å²) < 4.78 is 5.06. The van der Waals surface area contributed by atoms with Crippen LogP contribution in [0.3, 0.4) is 0 Å². The third kappa shape index (κ3) is 4.56. The molecule has 4 heteroatoms. The maximum absolute atomic E-state index is 12.0. The van der Waals surface area contributed by atoms with E-state index in [1.165, 1.54) is 0 Å². The van der Waals surface area contributed by atoms with Gasteiger partial charge >= 0.3 is 0 Å². The largest absolute Gasteiger partial charge is 0.497 e. The van der Waals surface area contributed by atoms with Crippen molar-refractivity contribution in [3.63, 3.8) is 0 Å². The molecule has 2 atom stereocenters. The second-order valence-electron chi connectivity index (χ2n) is 5.75. The van der Waals surface area contributed by atoms with Crippen LogP contribution in [0.25, 0.3) is 0 Å². The normalized spacial score (nSPS) is 14.6. The van der Waals surface area contributed by atoms with Crippen molar-refractivity contribution in [1.29, 1.82) is 0 Å². The Morgan fingerprint density at radius 1 is 1.26 bits per heavy atom. The van der Waals surface area contributed by atoms with E-state index in [9.17, 15) is 9.90 Å². The Labute approximate surface area is 114 Å². The van der Waals surface area contributed by atoms with Crippen molar-refractivity contribution in [2.45, 2.75) is 39.3 Å². The summed E-state index contributed by atoms with van der Waals surface area (Å²) in [7, 11) is 1.59. The predicted molar refractivity (Wildman–Crippen MR) is 75.0 cm³/mol. The molecule has 1 aromatic carbocycles. The fourth-order valence-electron chi connectivity index (χ4n) is 1.72. The molecule has 0 aromatic heterocycles. The van der Waals surface area contributed by atoms with Crippen LogP contribution in [0.15, 0.2) is 24.3 Å². The Morgan fingerprint density at radius 3 is 2.21 bits per heavy atom. The lowest BCUT2D eigenvalue weighted by Crippen LogP contribution is -2.44. The molecule has 2 N–H and O–H groups in total. The monoisotopic (exact) mass is 265 g/mol. The number of nitrogens with one attached hydrogen (secondary N) is 1. The standard InChI is InChI=1S/C15H23NO3/c1-10(14(18)16-15(2,3)4)13(17)11-6-8-12(19-5)9-7-11/h6-10,13,17H,1-5H3,(H,16,18)/t10-,13-/m1/s1. The SMILES string of the molecule is COc1ccc([C@H](O)[C@@H](C)C(=O)NC(C)(C)C)cc1. The number of hydrogen-bond donors (Lipinski definition) is 2. The van der Waals surface area contributed by atoms with E-state index in [1.807, 2.05) is 20.8 Å². The van der Waals surface area contributed by atoms with Crippen LogP contribution >= 0.6 is 0 Å². The van der Waals surface area contributed by atoms with Gasteiger partial charge in [0.1, 0.15) is 5.75 Å². The first-order chi connectivity index (χ1) is 8.74. The smallest absolute Gasteiger partial charge is 0.226 e. The Morgan fingerprint density at radius 2 is 1.79 bits per heavy atom. The van der Waals surface area contributed by atoms with E-state index in [4.69, 9.17) is 4.74 Å². The highest BCUT2D eigenvalue weighted by molar-refractivity contribution is 5.79. The summed E-state index contributed by atoms with van der Waals surface area (Å²) in [6.07, 6.45) is -0.826. The van der Waals surface area contributed by atoms with Crippen LogP contribution in [0.1, 0.15) is 39.4 Å². The minimum Gasteiger partial charge on any atom is -0.497 e. The molecule has 0 saturated carbocycles. The molecule has 0 heterocycles. The number of rotatable bonds is 4. The number of aliphatic hydroxyl groups is 1. The van der Waals surface area contributed by atoms with Gasteiger partial charge in [0.2, 0.25) is 5.91 Å². The summed E-state index contributed by atoms with van der Waals surface area (Å²) in [5, 5.41) is 13.1. The quantitative estimate of drug-likeness (QED) is 0.878. The Hall–Kier alpha value is -1.55. The maximum atomic E-state index is 12.0. The fourth-order valence-corrected chi connectivity index (χ4v) is 1.72. The zero-order valence-electron chi connectivity index (χ0n) is 12.2. The second-order valence-corrected chi connectivity index (χ2v) is 5.75. The molecule has 0 aliphatic carbocycles. The third-order valence-corrected chi connectivity index (χ3v) is 2.84. The first-order valence-corrected chi connectivity index (χ1v) is 6.38. The van der Waals surface area contributed by atoms with E-state index in [2.05, 4.69) is 5.32 Å². The fraction of sp³-hybridized carbons (Fsp3) is 0.533. The highest BCUT2D eigenvalue weighted by Crippen LogP contribution is 2.24. The second kappa shape index (κ2) is 6.06. The zero-order chi connectivity index (χ0) is 14.6. The van der Waals surface area contributed by atoms with E-state index in [0.717, 1.165) is 5.75 Å². The molecule has 1 rings (SSSR count). The minimum absolute atomic E-state index is 0.157. The summed E-state index contributed by atoms with van der Waals surface area (Å²) in [4.78, 5) is 12.0. The van der Waals surface area contributed by atoms with Crippen molar-refractivity contribution >= 4 is 5.91 Å². The first kappa shape index (κ1) is 15.5. The molecule has 4 nitrogen and oxygen atoms in total. The van der Waals surface area contributed by atoms with Crippen LogP contribution < -0.4 is 10.1 Å². The molecule has 0 radical (unpaired) electrons. The van der Waals surface area contributed by atoms with Crippen LogP contribution in [-0.4, -0.2) is 23.7 Å². The summed E-state index contributed by atoms with van der Waals surface area (Å²) in [5.74, 6) is 0.0613. The molecule has 0 bridgehead atoms. The third-order valence-electron chi connectivity index (χ3n) is 2.84. The minimum atomic E-state index is -0.826. The van der Waals surface area contributed by atoms with Crippen LogP contribution in [0.4, 0.5) is 0 Å². The van der Waals surface area contributed by atoms with Gasteiger partial charge in [-0.25, -0.2) is 0 Å². The first-order valence-electron chi connectivity index (χ1n) is 6.38. The number of carbonyl (C=O) groups is 1. The molecular weight excluding hydrogens is 242 g/mol. The van der Waals surface area contributed by atoms with Gasteiger partial charge in [-0.2, -0.15) is 0 Å². The average Bonchev–Trinajstić information content (AvgIpc) is 2.35. The number of ether oxygens (including phenoxy) is 1. The number of carbonyl (C=O) groups excluding carboxylic acids is 1. The van der Waals surface area contributed by atoms with Gasteiger partial charge in [0.25, 0.3) is 0 Å². The highest BCUT2D eigenvalue weighted by atomic mass is 16.5. The van der Waals surface area contributed by atoms with Gasteiger partial charge in [0.15, 0.2) is 0 Å². The molecule has 0 unspecified atom stereocenters. The van der Waals surface area contributed by atoms with Gasteiger partial charge in [0.05, 0.1) is 19.1 Å². The van der Waals surface area contributed by atoms with Crippen molar-refractivity contribution in [2.24, 2.45) is 5.92 Å². The van der Waals surface area contributed by atoms with Gasteiger partial charge < -0.3 is 15.2 Å². The topological polar surface area (TPSA) is 58.6 Å². The van der Waals surface area contributed by atoms with Crippen molar-refractivity contribution in [1.82, 2.24) is 5.32 Å². The van der Waals surface area contributed by atoms with Crippen molar-refractivity contribution < 1.29 is 14.6 Å². The molecule has 0 aliphatic heterocycles. The highest BCUT2D eigenvalue weighted by Gasteiger charge is 2.26. The van der Waals surface area contributed by atoms with Crippen molar-refractivity contribution in [2.75, 3.05) is 7.11 Å². The summed E-state index contributed by atoms with van der Waals surface area (Å²) in [5.41, 5.74) is 0.405. The van der Waals surface area contributed by atoms with Crippen molar-refractivity contribution in [3.8, 4) is 5.75 Å². The predicted octanol–water partition coefficient (Wildman–Crippen LogP) is 2.28. The number of aliphatic hydroxyl groups excluding tert-OH is 1. The van der Waals surface area contributed by atoms with Gasteiger partial charge in [-0.15, -0.1) is 0 Å². The molecular formula is C15H23NO3. The van der Waals surface area contributed by atoms with Crippen LogP contribution in [0.2, 0.25) is 0 Å². The molecule has 1 amide bonds. The van der Waals surface area contributed by atoms with Gasteiger partial charge in [-0.05, 0) is 38.5 Å². The van der Waals surface area contributed by atoms with E-state index < -0.39 is 12.0 Å². The molecule has 0 aliphatic rings. The Bertz CT molecular complexity index is 420. The molecule has 106 valence electrons. The van der Waals surface area contributed by atoms with Gasteiger partial charge in [-0.3, -0.25) is 4.79 Å². The molecule has 0 fully saturated rings. The lowest BCUT2D eigenvalue weighted by atomic mass is 9.95. The number of methoxy groups -OCH3 is 1. The van der Waals surface area contributed by atoms with Crippen molar-refractivity contribution in [3.05, 3.63) is 29.8 Å². The van der Waals surface area contributed by atoms with E-state index >= 15 is 0 Å². The number of benzene rings is 1. The average molecular weight is 265 g/mol. The Kier molecular flexibility index (Phi) is 4.95. The molecule has 1 aromatic rings.